The minimum absolute atomic E-state index is 0.00862. The maximum atomic E-state index is 11.9. The Labute approximate surface area is 124 Å². The van der Waals surface area contributed by atoms with E-state index in [4.69, 9.17) is 0 Å². The Morgan fingerprint density at radius 2 is 1.95 bits per heavy atom. The third-order valence-electron chi connectivity index (χ3n) is 3.90. The fourth-order valence-electron chi connectivity index (χ4n) is 2.75. The first-order chi connectivity index (χ1) is 10.2. The fourth-order valence-corrected chi connectivity index (χ4v) is 2.75. The van der Waals surface area contributed by atoms with E-state index in [1.54, 1.807) is 18.2 Å². The number of piperidine rings is 1. The van der Waals surface area contributed by atoms with E-state index in [1.807, 2.05) is 0 Å². The molecule has 2 N–H and O–H groups in total. The van der Waals surface area contributed by atoms with Crippen molar-refractivity contribution in [3.05, 3.63) is 39.9 Å². The number of nitrogens with one attached hydrogen (secondary N) is 2. The van der Waals surface area contributed by atoms with Gasteiger partial charge in [0.1, 0.15) is 0 Å². The van der Waals surface area contributed by atoms with Gasteiger partial charge in [0.2, 0.25) is 5.91 Å². The van der Waals surface area contributed by atoms with Crippen LogP contribution in [0.5, 0.6) is 0 Å². The van der Waals surface area contributed by atoms with Gasteiger partial charge in [-0.25, -0.2) is 0 Å². The van der Waals surface area contributed by atoms with Gasteiger partial charge in [-0.05, 0) is 19.3 Å². The smallest absolute Gasteiger partial charge is 0.273 e. The van der Waals surface area contributed by atoms with Crippen LogP contribution >= 0.6 is 0 Å². The maximum Gasteiger partial charge on any atom is 0.273 e. The van der Waals surface area contributed by atoms with Crippen LogP contribution in [0.25, 0.3) is 0 Å². The minimum Gasteiger partial charge on any atom is -0.350 e. The first-order valence-electron chi connectivity index (χ1n) is 7.49. The lowest BCUT2D eigenvalue weighted by molar-refractivity contribution is -0.903. The number of likely N-dealkylation sites (tertiary alicyclic amines) is 1. The topological polar surface area (TPSA) is 76.7 Å². The second-order valence-corrected chi connectivity index (χ2v) is 5.47. The van der Waals surface area contributed by atoms with Gasteiger partial charge < -0.3 is 10.2 Å². The molecule has 0 radical (unpaired) electrons. The van der Waals surface area contributed by atoms with Crippen molar-refractivity contribution >= 4 is 11.6 Å². The Balaban J connectivity index is 1.78. The summed E-state index contributed by atoms with van der Waals surface area (Å²) in [5.74, 6) is -0.152. The van der Waals surface area contributed by atoms with Gasteiger partial charge in [-0.15, -0.1) is 0 Å². The summed E-state index contributed by atoms with van der Waals surface area (Å²) in [6, 6.07) is 6.39. The summed E-state index contributed by atoms with van der Waals surface area (Å²) < 4.78 is 0. The normalized spacial score (nSPS) is 15.6. The Bertz CT molecular complexity index is 499. The third kappa shape index (κ3) is 4.82. The van der Waals surface area contributed by atoms with E-state index in [0.717, 1.165) is 6.54 Å². The lowest BCUT2D eigenvalue weighted by Gasteiger charge is -2.23. The molecule has 114 valence electrons. The fraction of sp³-hybridized carbons (Fsp3) is 0.533. The molecule has 6 nitrogen and oxygen atoms in total. The summed E-state index contributed by atoms with van der Waals surface area (Å²) in [5.41, 5.74) is 0.472. The molecule has 0 spiro atoms. The van der Waals surface area contributed by atoms with Crippen molar-refractivity contribution in [2.24, 2.45) is 0 Å². The second kappa shape index (κ2) is 7.73. The van der Waals surface area contributed by atoms with Crippen molar-refractivity contribution in [2.45, 2.75) is 25.7 Å². The number of nitro benzene ring substituents is 1. The monoisotopic (exact) mass is 292 g/mol. The van der Waals surface area contributed by atoms with Crippen LogP contribution in [0.2, 0.25) is 0 Å². The van der Waals surface area contributed by atoms with Crippen molar-refractivity contribution in [2.75, 3.05) is 26.2 Å². The average molecular weight is 292 g/mol. The minimum atomic E-state index is -0.444. The van der Waals surface area contributed by atoms with Gasteiger partial charge in [0.25, 0.3) is 5.69 Å². The van der Waals surface area contributed by atoms with Gasteiger partial charge in [-0.1, -0.05) is 18.2 Å². The number of nitro groups is 1. The van der Waals surface area contributed by atoms with Crippen molar-refractivity contribution in [1.82, 2.24) is 5.32 Å². The molecule has 1 aliphatic rings. The highest BCUT2D eigenvalue weighted by atomic mass is 16.6. The zero-order valence-electron chi connectivity index (χ0n) is 12.1. The number of quaternary nitrogens is 1. The van der Waals surface area contributed by atoms with Crippen LogP contribution in [0.1, 0.15) is 24.8 Å². The predicted octanol–water partition coefficient (Wildman–Crippen LogP) is 0.322. The number of hydrogen-bond acceptors (Lipinski definition) is 3. The summed E-state index contributed by atoms with van der Waals surface area (Å²) >= 11 is 0. The molecule has 1 heterocycles. The van der Waals surface area contributed by atoms with Crippen LogP contribution in [0.4, 0.5) is 5.69 Å². The number of para-hydroxylation sites is 1. The van der Waals surface area contributed by atoms with Crippen LogP contribution in [-0.4, -0.2) is 37.0 Å². The highest BCUT2D eigenvalue weighted by Crippen LogP contribution is 2.17. The zero-order chi connectivity index (χ0) is 15.1. The van der Waals surface area contributed by atoms with E-state index in [1.165, 1.54) is 43.3 Å². The summed E-state index contributed by atoms with van der Waals surface area (Å²) in [6.45, 7) is 3.93. The van der Waals surface area contributed by atoms with Crippen LogP contribution in [0, 0.1) is 10.1 Å². The molecule has 0 aromatic heterocycles. The van der Waals surface area contributed by atoms with Gasteiger partial charge in [0.15, 0.2) is 0 Å². The number of hydrogen-bond donors (Lipinski definition) is 2. The van der Waals surface area contributed by atoms with E-state index < -0.39 is 4.92 Å². The molecule has 2 rings (SSSR count). The SMILES string of the molecule is O=C(Cc1ccccc1[N+](=O)[O-])NCC[NH+]1CCCCC1. The molecule has 1 saturated heterocycles. The molecule has 1 amide bonds. The number of benzene rings is 1. The highest BCUT2D eigenvalue weighted by molar-refractivity contribution is 5.79. The molecule has 0 atom stereocenters. The summed E-state index contributed by atoms with van der Waals surface area (Å²) in [5, 5.41) is 13.8. The van der Waals surface area contributed by atoms with Crippen molar-refractivity contribution in [3.63, 3.8) is 0 Å². The van der Waals surface area contributed by atoms with Crippen molar-refractivity contribution < 1.29 is 14.6 Å². The van der Waals surface area contributed by atoms with E-state index in [2.05, 4.69) is 5.32 Å². The third-order valence-corrected chi connectivity index (χ3v) is 3.90. The summed E-state index contributed by atoms with van der Waals surface area (Å²) in [6.07, 6.45) is 3.90. The van der Waals surface area contributed by atoms with Crippen LogP contribution in [-0.2, 0) is 11.2 Å². The Morgan fingerprint density at radius 1 is 1.24 bits per heavy atom. The number of carbonyl (C=O) groups excluding carboxylic acids is 1. The summed E-state index contributed by atoms with van der Waals surface area (Å²) in [7, 11) is 0. The molecular weight excluding hydrogens is 270 g/mol. The maximum absolute atomic E-state index is 11.9. The van der Waals surface area contributed by atoms with E-state index in [-0.39, 0.29) is 18.0 Å². The van der Waals surface area contributed by atoms with Crippen molar-refractivity contribution in [3.8, 4) is 0 Å². The molecular formula is C15H22N3O3+. The standard InChI is InChI=1S/C15H21N3O3/c19-15(16-8-11-17-9-4-1-5-10-17)12-13-6-2-3-7-14(13)18(20)21/h2-3,6-7H,1,4-5,8-12H2,(H,16,19)/p+1. The molecule has 1 aliphatic heterocycles. The Morgan fingerprint density at radius 3 is 2.67 bits per heavy atom. The van der Waals surface area contributed by atoms with E-state index in [9.17, 15) is 14.9 Å². The van der Waals surface area contributed by atoms with Crippen molar-refractivity contribution in [1.29, 1.82) is 0 Å². The van der Waals surface area contributed by atoms with Gasteiger partial charge in [-0.2, -0.15) is 0 Å². The zero-order valence-corrected chi connectivity index (χ0v) is 12.1. The Kier molecular flexibility index (Phi) is 5.68. The molecule has 0 saturated carbocycles. The number of carbonyl (C=O) groups is 1. The number of amides is 1. The van der Waals surface area contributed by atoms with E-state index >= 15 is 0 Å². The van der Waals surface area contributed by atoms with E-state index in [0.29, 0.717) is 12.1 Å². The molecule has 1 aromatic carbocycles. The largest absolute Gasteiger partial charge is 0.350 e. The van der Waals surface area contributed by atoms with Gasteiger partial charge in [-0.3, -0.25) is 14.9 Å². The summed E-state index contributed by atoms with van der Waals surface area (Å²) in [4.78, 5) is 23.9. The number of nitrogens with zero attached hydrogens (tertiary/aromatic N) is 1. The quantitative estimate of drug-likeness (QED) is 0.586. The Hall–Kier alpha value is -1.95. The average Bonchev–Trinajstić information content (AvgIpc) is 2.48. The van der Waals surface area contributed by atoms with Gasteiger partial charge in [0, 0.05) is 11.6 Å². The molecule has 0 bridgehead atoms. The molecule has 0 aliphatic carbocycles. The molecule has 1 fully saturated rings. The molecule has 0 unspecified atom stereocenters. The first-order valence-corrected chi connectivity index (χ1v) is 7.49. The van der Waals surface area contributed by atoms with Crippen LogP contribution < -0.4 is 10.2 Å². The van der Waals surface area contributed by atoms with Crippen LogP contribution in [0.15, 0.2) is 24.3 Å². The molecule has 1 aromatic rings. The second-order valence-electron chi connectivity index (χ2n) is 5.47. The number of rotatable bonds is 6. The van der Waals surface area contributed by atoms with Crippen LogP contribution in [0.3, 0.4) is 0 Å². The molecule has 21 heavy (non-hydrogen) atoms. The highest BCUT2D eigenvalue weighted by Gasteiger charge is 2.16. The lowest BCUT2D eigenvalue weighted by Crippen LogP contribution is -3.13. The predicted molar refractivity (Wildman–Crippen MR) is 79.2 cm³/mol. The first kappa shape index (κ1) is 15.4. The molecule has 6 heteroatoms. The lowest BCUT2D eigenvalue weighted by atomic mass is 10.1. The van der Waals surface area contributed by atoms with Gasteiger partial charge >= 0.3 is 0 Å². The van der Waals surface area contributed by atoms with Gasteiger partial charge in [0.05, 0.1) is 37.5 Å².